The van der Waals surface area contributed by atoms with Crippen LogP contribution in [0.15, 0.2) is 0 Å². The van der Waals surface area contributed by atoms with Gasteiger partial charge in [-0.15, -0.1) is 24.8 Å². The Bertz CT molecular complexity index is 349. The Labute approximate surface area is 160 Å². The summed E-state index contributed by atoms with van der Waals surface area (Å²) in [6, 6.07) is 0.715. The van der Waals surface area contributed by atoms with Gasteiger partial charge in [0, 0.05) is 25.6 Å². The second-order valence-electron chi connectivity index (χ2n) is 7.53. The van der Waals surface area contributed by atoms with Gasteiger partial charge in [0.1, 0.15) is 0 Å². The van der Waals surface area contributed by atoms with Crippen molar-refractivity contribution < 1.29 is 4.79 Å². The van der Waals surface area contributed by atoms with Crippen LogP contribution < -0.4 is 11.1 Å². The Balaban J connectivity index is 0.00000264. The van der Waals surface area contributed by atoms with Crippen LogP contribution in [-0.4, -0.2) is 43.0 Å². The first-order chi connectivity index (χ1) is 10.7. The van der Waals surface area contributed by atoms with Crippen LogP contribution >= 0.6 is 24.8 Å². The van der Waals surface area contributed by atoms with Crippen LogP contribution in [0.4, 0.5) is 0 Å². The standard InChI is InChI=1S/C18H35N3O.2ClH/c1-16-8-3-6-12-21(16)13-7-11-20-17(22)14-18(15-19)9-4-2-5-10-18;;/h16H,2-15,19H2,1H3,(H,20,22);2*1H. The summed E-state index contributed by atoms with van der Waals surface area (Å²) in [5.41, 5.74) is 6.05. The summed E-state index contributed by atoms with van der Waals surface area (Å²) in [6.07, 6.45) is 11.7. The molecule has 2 rings (SSSR count). The Morgan fingerprint density at radius 1 is 1.17 bits per heavy atom. The maximum absolute atomic E-state index is 12.2. The number of rotatable bonds is 7. The Morgan fingerprint density at radius 3 is 2.50 bits per heavy atom. The molecule has 0 bridgehead atoms. The zero-order valence-electron chi connectivity index (χ0n) is 15.2. The average Bonchev–Trinajstić information content (AvgIpc) is 2.54. The molecule has 0 aromatic carbocycles. The minimum Gasteiger partial charge on any atom is -0.356 e. The first-order valence-electron chi connectivity index (χ1n) is 9.36. The Kier molecular flexibility index (Phi) is 12.3. The molecule has 0 aromatic heterocycles. The van der Waals surface area contributed by atoms with Gasteiger partial charge in [-0.1, -0.05) is 25.7 Å². The molecule has 2 fully saturated rings. The second kappa shape index (κ2) is 12.3. The summed E-state index contributed by atoms with van der Waals surface area (Å²) >= 11 is 0. The van der Waals surface area contributed by atoms with Crippen LogP contribution in [0.3, 0.4) is 0 Å². The van der Waals surface area contributed by atoms with E-state index in [4.69, 9.17) is 5.73 Å². The van der Waals surface area contributed by atoms with E-state index >= 15 is 0 Å². The zero-order valence-corrected chi connectivity index (χ0v) is 16.9. The van der Waals surface area contributed by atoms with Gasteiger partial charge in [-0.3, -0.25) is 4.79 Å². The number of nitrogens with two attached hydrogens (primary N) is 1. The molecule has 0 aromatic rings. The minimum absolute atomic E-state index is 0. The Morgan fingerprint density at radius 2 is 1.88 bits per heavy atom. The quantitative estimate of drug-likeness (QED) is 0.663. The van der Waals surface area contributed by atoms with Gasteiger partial charge in [0.2, 0.25) is 5.91 Å². The molecule has 24 heavy (non-hydrogen) atoms. The van der Waals surface area contributed by atoms with E-state index in [9.17, 15) is 4.79 Å². The molecule has 3 N–H and O–H groups in total. The highest BCUT2D eigenvalue weighted by molar-refractivity contribution is 5.85. The largest absolute Gasteiger partial charge is 0.356 e. The van der Waals surface area contributed by atoms with Crippen LogP contribution in [0.1, 0.15) is 71.1 Å². The number of piperidine rings is 1. The summed E-state index contributed by atoms with van der Waals surface area (Å²) in [7, 11) is 0. The lowest BCUT2D eigenvalue weighted by atomic mass is 9.71. The molecule has 144 valence electrons. The molecule has 1 amide bonds. The highest BCUT2D eigenvalue weighted by Gasteiger charge is 2.32. The van der Waals surface area contributed by atoms with E-state index in [0.717, 1.165) is 32.4 Å². The smallest absolute Gasteiger partial charge is 0.220 e. The number of carbonyl (C=O) groups is 1. The molecule has 1 heterocycles. The van der Waals surface area contributed by atoms with E-state index in [1.54, 1.807) is 0 Å². The van der Waals surface area contributed by atoms with Gasteiger partial charge < -0.3 is 16.0 Å². The van der Waals surface area contributed by atoms with Gasteiger partial charge in [-0.2, -0.15) is 0 Å². The molecular weight excluding hydrogens is 345 g/mol. The van der Waals surface area contributed by atoms with Crippen LogP contribution in [0.25, 0.3) is 0 Å². The van der Waals surface area contributed by atoms with E-state index in [0.29, 0.717) is 19.0 Å². The number of hydrogen-bond donors (Lipinski definition) is 2. The van der Waals surface area contributed by atoms with Gasteiger partial charge >= 0.3 is 0 Å². The molecule has 4 nitrogen and oxygen atoms in total. The van der Waals surface area contributed by atoms with Gasteiger partial charge in [-0.05, 0) is 57.5 Å². The Hall–Kier alpha value is -0.0300. The van der Waals surface area contributed by atoms with Gasteiger partial charge in [0.15, 0.2) is 0 Å². The molecule has 1 saturated heterocycles. The van der Waals surface area contributed by atoms with Gasteiger partial charge in [0.25, 0.3) is 0 Å². The topological polar surface area (TPSA) is 58.4 Å². The van der Waals surface area contributed by atoms with Crippen molar-refractivity contribution in [1.29, 1.82) is 0 Å². The van der Waals surface area contributed by atoms with Crippen molar-refractivity contribution in [1.82, 2.24) is 10.2 Å². The first kappa shape index (κ1) is 24.0. The fourth-order valence-electron chi connectivity index (χ4n) is 4.16. The summed E-state index contributed by atoms with van der Waals surface area (Å²) < 4.78 is 0. The SMILES string of the molecule is CC1CCCCN1CCCNC(=O)CC1(CN)CCCCC1.Cl.Cl. The van der Waals surface area contributed by atoms with Crippen LogP contribution in [0.2, 0.25) is 0 Å². The number of amides is 1. The van der Waals surface area contributed by atoms with E-state index in [1.165, 1.54) is 45.1 Å². The highest BCUT2D eigenvalue weighted by atomic mass is 35.5. The molecule has 0 spiro atoms. The third kappa shape index (κ3) is 7.47. The van der Waals surface area contributed by atoms with E-state index < -0.39 is 0 Å². The number of halogens is 2. The van der Waals surface area contributed by atoms with Crippen molar-refractivity contribution in [3.05, 3.63) is 0 Å². The molecular formula is C18H37Cl2N3O. The highest BCUT2D eigenvalue weighted by Crippen LogP contribution is 2.38. The van der Waals surface area contributed by atoms with E-state index in [-0.39, 0.29) is 36.1 Å². The molecule has 1 aliphatic heterocycles. The molecule has 2 aliphatic rings. The summed E-state index contributed by atoms with van der Waals surface area (Å²) in [5, 5.41) is 3.12. The minimum atomic E-state index is 0. The van der Waals surface area contributed by atoms with Gasteiger partial charge in [0.05, 0.1) is 0 Å². The van der Waals surface area contributed by atoms with Crippen molar-refractivity contribution in [3.63, 3.8) is 0 Å². The van der Waals surface area contributed by atoms with Gasteiger partial charge in [-0.25, -0.2) is 0 Å². The monoisotopic (exact) mass is 381 g/mol. The molecule has 0 radical (unpaired) electrons. The van der Waals surface area contributed by atoms with Crippen molar-refractivity contribution in [2.24, 2.45) is 11.1 Å². The van der Waals surface area contributed by atoms with Crippen molar-refractivity contribution >= 4 is 30.7 Å². The number of likely N-dealkylation sites (tertiary alicyclic amines) is 1. The van der Waals surface area contributed by atoms with Crippen LogP contribution in [0, 0.1) is 5.41 Å². The maximum atomic E-state index is 12.2. The third-order valence-corrected chi connectivity index (χ3v) is 5.77. The average molecular weight is 382 g/mol. The molecule has 1 atom stereocenters. The molecule has 6 heteroatoms. The zero-order chi connectivity index (χ0) is 15.8. The predicted molar refractivity (Wildman–Crippen MR) is 106 cm³/mol. The maximum Gasteiger partial charge on any atom is 0.220 e. The summed E-state index contributed by atoms with van der Waals surface area (Å²) in [4.78, 5) is 14.8. The normalized spacial score (nSPS) is 23.7. The third-order valence-electron chi connectivity index (χ3n) is 5.77. The van der Waals surface area contributed by atoms with Crippen LogP contribution in [-0.2, 0) is 4.79 Å². The first-order valence-corrected chi connectivity index (χ1v) is 9.36. The van der Waals surface area contributed by atoms with Crippen molar-refractivity contribution in [3.8, 4) is 0 Å². The number of nitrogens with one attached hydrogen (secondary N) is 1. The summed E-state index contributed by atoms with van der Waals surface area (Å²) in [6.45, 7) is 6.13. The lowest BCUT2D eigenvalue weighted by Gasteiger charge is -2.35. The number of carbonyl (C=O) groups excluding carboxylic acids is 1. The number of hydrogen-bond acceptors (Lipinski definition) is 3. The number of nitrogens with zero attached hydrogens (tertiary/aromatic N) is 1. The summed E-state index contributed by atoms with van der Waals surface area (Å²) in [5.74, 6) is 0.207. The molecule has 1 unspecified atom stereocenters. The van der Waals surface area contributed by atoms with E-state index in [1.807, 2.05) is 0 Å². The van der Waals surface area contributed by atoms with Crippen LogP contribution in [0.5, 0.6) is 0 Å². The predicted octanol–water partition coefficient (Wildman–Crippen LogP) is 3.51. The fourth-order valence-corrected chi connectivity index (χ4v) is 4.16. The lowest BCUT2D eigenvalue weighted by Crippen LogP contribution is -2.41. The van der Waals surface area contributed by atoms with Crippen molar-refractivity contribution in [2.75, 3.05) is 26.2 Å². The fraction of sp³-hybridized carbons (Fsp3) is 0.944. The van der Waals surface area contributed by atoms with E-state index in [2.05, 4.69) is 17.1 Å². The lowest BCUT2D eigenvalue weighted by molar-refractivity contribution is -0.123. The molecule has 1 aliphatic carbocycles. The molecule has 1 saturated carbocycles. The van der Waals surface area contributed by atoms with Crippen molar-refractivity contribution in [2.45, 2.75) is 77.2 Å². The second-order valence-corrected chi connectivity index (χ2v) is 7.53.